The highest BCUT2D eigenvalue weighted by atomic mass is 16.4. The zero-order valence-electron chi connectivity index (χ0n) is 12.0. The predicted molar refractivity (Wildman–Crippen MR) is 78.1 cm³/mol. The van der Waals surface area contributed by atoms with Gasteiger partial charge in [-0.15, -0.1) is 0 Å². The molecular weight excluding hydrogens is 270 g/mol. The molecular formula is C16H17NO4. The summed E-state index contributed by atoms with van der Waals surface area (Å²) in [5, 5.41) is 8.80. The first-order valence-corrected chi connectivity index (χ1v) is 6.71. The molecule has 5 heteroatoms. The van der Waals surface area contributed by atoms with Crippen LogP contribution in [-0.2, 0) is 9.59 Å². The first-order chi connectivity index (χ1) is 9.78. The smallest absolute Gasteiger partial charge is 0.335 e. The molecule has 5 nitrogen and oxygen atoms in total. The van der Waals surface area contributed by atoms with Gasteiger partial charge in [0.1, 0.15) is 17.5 Å². The molecule has 1 N–H and O–H groups in total. The molecule has 0 amide bonds. The molecule has 1 saturated carbocycles. The molecule has 1 aromatic carbocycles. The molecule has 1 aromatic rings. The Kier molecular flexibility index (Phi) is 4.02. The number of rotatable bonds is 3. The van der Waals surface area contributed by atoms with E-state index in [4.69, 9.17) is 5.11 Å². The number of carboxylic acid groups (broad SMARTS) is 1. The van der Waals surface area contributed by atoms with Crippen molar-refractivity contribution < 1.29 is 19.5 Å². The van der Waals surface area contributed by atoms with Gasteiger partial charge in [0.2, 0.25) is 0 Å². The molecule has 0 spiro atoms. The second-order valence-corrected chi connectivity index (χ2v) is 6.06. The van der Waals surface area contributed by atoms with Gasteiger partial charge in [-0.1, -0.05) is 13.8 Å². The maximum Gasteiger partial charge on any atom is 0.335 e. The van der Waals surface area contributed by atoms with Gasteiger partial charge in [-0.25, -0.2) is 4.79 Å². The monoisotopic (exact) mass is 287 g/mol. The Hall–Kier alpha value is -2.30. The predicted octanol–water partition coefficient (Wildman–Crippen LogP) is 2.66. The first kappa shape index (κ1) is 15.1. The molecule has 0 aliphatic heterocycles. The van der Waals surface area contributed by atoms with E-state index >= 15 is 0 Å². The highest BCUT2D eigenvalue weighted by Gasteiger charge is 2.38. The number of ketones is 2. The highest BCUT2D eigenvalue weighted by Crippen LogP contribution is 2.33. The van der Waals surface area contributed by atoms with Crippen LogP contribution in [0.1, 0.15) is 37.0 Å². The molecule has 0 unspecified atom stereocenters. The van der Waals surface area contributed by atoms with Gasteiger partial charge in [0.25, 0.3) is 0 Å². The number of nitrogens with zero attached hydrogens (tertiary/aromatic N) is 1. The van der Waals surface area contributed by atoms with Crippen LogP contribution in [0.3, 0.4) is 0 Å². The normalized spacial score (nSPS) is 19.1. The number of Topliss-reactive ketones (excluding diaryl/α,β-unsaturated/α-hetero) is 2. The van der Waals surface area contributed by atoms with Crippen molar-refractivity contribution in [3.8, 4) is 0 Å². The molecule has 1 aliphatic carbocycles. The highest BCUT2D eigenvalue weighted by molar-refractivity contribution is 6.16. The minimum absolute atomic E-state index is 0.109. The van der Waals surface area contributed by atoms with E-state index in [2.05, 4.69) is 4.99 Å². The molecule has 0 aromatic heterocycles. The minimum atomic E-state index is -1.01. The fourth-order valence-corrected chi connectivity index (χ4v) is 2.42. The average molecular weight is 287 g/mol. The number of carboxylic acids is 1. The lowest BCUT2D eigenvalue weighted by atomic mass is 9.72. The minimum Gasteiger partial charge on any atom is -0.478 e. The van der Waals surface area contributed by atoms with Crippen molar-refractivity contribution in [1.29, 1.82) is 0 Å². The van der Waals surface area contributed by atoms with Gasteiger partial charge < -0.3 is 5.11 Å². The lowest BCUT2D eigenvalue weighted by molar-refractivity contribution is -0.136. The van der Waals surface area contributed by atoms with Crippen LogP contribution < -0.4 is 0 Å². The SMILES string of the molecule is CC1(C)CC(=O)C(C=Nc2ccc(C(=O)O)cc2)C(=O)C1. The fourth-order valence-electron chi connectivity index (χ4n) is 2.42. The van der Waals surface area contributed by atoms with Crippen LogP contribution in [0.2, 0.25) is 0 Å². The maximum absolute atomic E-state index is 12.0. The Labute approximate surface area is 122 Å². The van der Waals surface area contributed by atoms with Crippen LogP contribution in [-0.4, -0.2) is 28.9 Å². The van der Waals surface area contributed by atoms with Crippen molar-refractivity contribution in [3.05, 3.63) is 29.8 Å². The number of hydrogen-bond donors (Lipinski definition) is 1. The van der Waals surface area contributed by atoms with Gasteiger partial charge in [-0.3, -0.25) is 14.6 Å². The topological polar surface area (TPSA) is 83.8 Å². The van der Waals surface area contributed by atoms with Crippen molar-refractivity contribution in [2.45, 2.75) is 26.7 Å². The summed E-state index contributed by atoms with van der Waals surface area (Å²) in [6.45, 7) is 3.81. The molecule has 0 radical (unpaired) electrons. The van der Waals surface area contributed by atoms with Gasteiger partial charge in [-0.05, 0) is 29.7 Å². The molecule has 1 aliphatic rings. The van der Waals surface area contributed by atoms with E-state index in [0.29, 0.717) is 18.5 Å². The lowest BCUT2D eigenvalue weighted by Crippen LogP contribution is -2.38. The van der Waals surface area contributed by atoms with Crippen LogP contribution in [0.4, 0.5) is 5.69 Å². The maximum atomic E-state index is 12.0. The Balaban J connectivity index is 2.12. The number of carbonyl (C=O) groups is 3. The van der Waals surface area contributed by atoms with Crippen LogP contribution >= 0.6 is 0 Å². The summed E-state index contributed by atoms with van der Waals surface area (Å²) in [5.74, 6) is -2.01. The molecule has 0 atom stereocenters. The standard InChI is InChI=1S/C16H17NO4/c1-16(2)7-13(18)12(14(19)8-16)9-17-11-5-3-10(4-6-11)15(20)21/h3-6,9,12H,7-8H2,1-2H3,(H,20,21). The molecule has 2 rings (SSSR count). The van der Waals surface area contributed by atoms with Gasteiger partial charge in [0, 0.05) is 19.1 Å². The Morgan fingerprint density at radius 3 is 2.19 bits per heavy atom. The van der Waals surface area contributed by atoms with Crippen LogP contribution in [0.5, 0.6) is 0 Å². The van der Waals surface area contributed by atoms with Crippen molar-refractivity contribution in [2.75, 3.05) is 0 Å². The van der Waals surface area contributed by atoms with Gasteiger partial charge in [-0.2, -0.15) is 0 Å². The molecule has 21 heavy (non-hydrogen) atoms. The van der Waals surface area contributed by atoms with Crippen LogP contribution in [0.25, 0.3) is 0 Å². The number of aromatic carboxylic acids is 1. The second kappa shape index (κ2) is 5.60. The Morgan fingerprint density at radius 2 is 1.71 bits per heavy atom. The van der Waals surface area contributed by atoms with Crippen molar-refractivity contribution in [1.82, 2.24) is 0 Å². The van der Waals surface area contributed by atoms with E-state index < -0.39 is 11.9 Å². The number of aliphatic imine (C=N–C) groups is 1. The zero-order chi connectivity index (χ0) is 15.6. The molecule has 0 bridgehead atoms. The summed E-state index contributed by atoms with van der Waals surface area (Å²) >= 11 is 0. The summed E-state index contributed by atoms with van der Waals surface area (Å²) in [7, 11) is 0. The summed E-state index contributed by atoms with van der Waals surface area (Å²) in [6.07, 6.45) is 2.11. The largest absolute Gasteiger partial charge is 0.478 e. The number of hydrogen-bond acceptors (Lipinski definition) is 4. The first-order valence-electron chi connectivity index (χ1n) is 6.71. The van der Waals surface area contributed by atoms with Crippen LogP contribution in [0, 0.1) is 11.3 Å². The Bertz CT molecular complexity index is 594. The average Bonchev–Trinajstić information content (AvgIpc) is 2.36. The van der Waals surface area contributed by atoms with Gasteiger partial charge in [0.05, 0.1) is 11.3 Å². The van der Waals surface area contributed by atoms with Crippen molar-refractivity contribution >= 4 is 29.4 Å². The number of benzene rings is 1. The zero-order valence-corrected chi connectivity index (χ0v) is 12.0. The summed E-state index contributed by atoms with van der Waals surface area (Å²) in [6, 6.07) is 5.95. The molecule has 0 heterocycles. The third-order valence-electron chi connectivity index (χ3n) is 3.49. The van der Waals surface area contributed by atoms with Gasteiger partial charge >= 0.3 is 5.97 Å². The van der Waals surface area contributed by atoms with Crippen molar-refractivity contribution in [3.63, 3.8) is 0 Å². The van der Waals surface area contributed by atoms with E-state index in [9.17, 15) is 14.4 Å². The summed E-state index contributed by atoms with van der Waals surface area (Å²) < 4.78 is 0. The second-order valence-electron chi connectivity index (χ2n) is 6.06. The summed E-state index contributed by atoms with van der Waals surface area (Å²) in [4.78, 5) is 38.8. The quantitative estimate of drug-likeness (QED) is 0.684. The third kappa shape index (κ3) is 3.62. The summed E-state index contributed by atoms with van der Waals surface area (Å²) in [5.41, 5.74) is 0.410. The molecule has 0 saturated heterocycles. The van der Waals surface area contributed by atoms with Crippen LogP contribution in [0.15, 0.2) is 29.3 Å². The van der Waals surface area contributed by atoms with E-state index in [1.165, 1.54) is 18.3 Å². The van der Waals surface area contributed by atoms with Crippen molar-refractivity contribution in [2.24, 2.45) is 16.3 Å². The lowest BCUT2D eigenvalue weighted by Gasteiger charge is -2.30. The van der Waals surface area contributed by atoms with E-state index in [1.54, 1.807) is 12.1 Å². The van der Waals surface area contributed by atoms with E-state index in [0.717, 1.165) is 0 Å². The van der Waals surface area contributed by atoms with E-state index in [-0.39, 0.29) is 22.5 Å². The van der Waals surface area contributed by atoms with E-state index in [1.807, 2.05) is 13.8 Å². The fraction of sp³-hybridized carbons (Fsp3) is 0.375. The molecule has 1 fully saturated rings. The molecule has 110 valence electrons. The Morgan fingerprint density at radius 1 is 1.19 bits per heavy atom. The number of carbonyl (C=O) groups excluding carboxylic acids is 2. The third-order valence-corrected chi connectivity index (χ3v) is 3.49. The van der Waals surface area contributed by atoms with Gasteiger partial charge in [0.15, 0.2) is 0 Å².